The van der Waals surface area contributed by atoms with Crippen LogP contribution in [0.2, 0.25) is 0 Å². The number of anilines is 1. The monoisotopic (exact) mass is 698 g/mol. The number of alkyl halides is 9. The van der Waals surface area contributed by atoms with Crippen molar-refractivity contribution in [2.45, 2.75) is 96.3 Å². The van der Waals surface area contributed by atoms with Gasteiger partial charge in [-0.2, -0.15) is 39.5 Å². The van der Waals surface area contributed by atoms with Crippen LogP contribution in [0.5, 0.6) is 0 Å². The van der Waals surface area contributed by atoms with Crippen molar-refractivity contribution < 1.29 is 58.6 Å². The molecule has 17 heteroatoms. The third-order valence-corrected chi connectivity index (χ3v) is 8.11. The van der Waals surface area contributed by atoms with Crippen molar-refractivity contribution in [3.05, 3.63) is 58.3 Å². The van der Waals surface area contributed by atoms with E-state index in [9.17, 15) is 49.1 Å². The number of carbonyl (C=O) groups is 2. The molecule has 4 rings (SSSR count). The van der Waals surface area contributed by atoms with Gasteiger partial charge in [-0.15, -0.1) is 0 Å². The summed E-state index contributed by atoms with van der Waals surface area (Å²) in [4.78, 5) is 33.9. The number of hydrogen-bond donors (Lipinski definition) is 0. The molecule has 0 N–H and O–H groups in total. The van der Waals surface area contributed by atoms with Gasteiger partial charge in [0.15, 0.2) is 0 Å². The number of benzene rings is 1. The molecule has 2 fully saturated rings. The maximum atomic E-state index is 13.8. The molecule has 2 amide bonds. The van der Waals surface area contributed by atoms with Crippen LogP contribution in [0.15, 0.2) is 30.5 Å². The fraction of sp³-hybridized carbons (Fsp3) is 0.581. The minimum Gasteiger partial charge on any atom is -0.444 e. The molecule has 0 unspecified atom stereocenters. The summed E-state index contributed by atoms with van der Waals surface area (Å²) in [6.07, 6.45) is -16.9. The molecular formula is C31H35F9N4O4. The van der Waals surface area contributed by atoms with Gasteiger partial charge < -0.3 is 19.3 Å². The smallest absolute Gasteiger partial charge is 0.417 e. The van der Waals surface area contributed by atoms with E-state index in [-0.39, 0.29) is 30.0 Å². The molecular weight excluding hydrogens is 663 g/mol. The normalized spacial score (nSPS) is 19.8. The van der Waals surface area contributed by atoms with E-state index in [2.05, 4.69) is 4.98 Å². The molecule has 8 nitrogen and oxygen atoms in total. The lowest BCUT2D eigenvalue weighted by Gasteiger charge is -2.40. The number of rotatable bonds is 6. The van der Waals surface area contributed by atoms with Crippen LogP contribution in [0, 0.1) is 0 Å². The standard InChI is InChI=1S/C31H35F9N4O4/c1-6-43(23-7-9-42(10-8-23)26(45)48-28(3,4)5)25-19(13-22(15-41-25)31(38,39)40)16-44-17(2)24(47-27(44)46)18-11-20(29(32,33)34)14-21(12-18)30(35,36)37/h11-15,17,23-24H,6-10,16H2,1-5H3/t17-,24-/m0/s1. The number of cyclic esters (lactones) is 1. The number of nitrogens with zero attached hydrogens (tertiary/aromatic N) is 4. The van der Waals surface area contributed by atoms with Crippen LogP contribution >= 0.6 is 0 Å². The number of amides is 2. The lowest BCUT2D eigenvalue weighted by Crippen LogP contribution is -2.48. The Morgan fingerprint density at radius 2 is 1.46 bits per heavy atom. The maximum Gasteiger partial charge on any atom is 0.417 e. The Morgan fingerprint density at radius 3 is 1.94 bits per heavy atom. The Labute approximate surface area is 270 Å². The van der Waals surface area contributed by atoms with Crippen molar-refractivity contribution in [2.75, 3.05) is 24.5 Å². The molecule has 48 heavy (non-hydrogen) atoms. The summed E-state index contributed by atoms with van der Waals surface area (Å²) in [6.45, 7) is 8.56. The number of likely N-dealkylation sites (tertiary alicyclic amines) is 1. The second kappa shape index (κ2) is 13.2. The summed E-state index contributed by atoms with van der Waals surface area (Å²) < 4.78 is 133. The predicted octanol–water partition coefficient (Wildman–Crippen LogP) is 8.45. The van der Waals surface area contributed by atoms with Crippen LogP contribution < -0.4 is 4.90 Å². The van der Waals surface area contributed by atoms with Crippen molar-refractivity contribution in [2.24, 2.45) is 0 Å². The Hall–Kier alpha value is -3.92. The van der Waals surface area contributed by atoms with Gasteiger partial charge in [0.25, 0.3) is 0 Å². The average Bonchev–Trinajstić information content (AvgIpc) is 3.24. The van der Waals surface area contributed by atoms with Crippen LogP contribution in [0.1, 0.15) is 81.4 Å². The van der Waals surface area contributed by atoms with Crippen LogP contribution in [0.3, 0.4) is 0 Å². The van der Waals surface area contributed by atoms with E-state index in [1.165, 1.54) is 11.8 Å². The molecule has 1 aromatic carbocycles. The largest absolute Gasteiger partial charge is 0.444 e. The number of pyridine rings is 1. The van der Waals surface area contributed by atoms with Crippen molar-refractivity contribution in [1.82, 2.24) is 14.8 Å². The summed E-state index contributed by atoms with van der Waals surface area (Å²) in [6, 6.07) is 0.190. The third-order valence-electron chi connectivity index (χ3n) is 8.11. The number of ether oxygens (including phenoxy) is 2. The molecule has 2 atom stereocenters. The third kappa shape index (κ3) is 8.38. The van der Waals surface area contributed by atoms with E-state index in [1.54, 1.807) is 32.6 Å². The van der Waals surface area contributed by atoms with Crippen LogP contribution in [0.4, 0.5) is 54.9 Å². The highest BCUT2D eigenvalue weighted by molar-refractivity contribution is 5.72. The molecule has 2 aliphatic rings. The lowest BCUT2D eigenvalue weighted by atomic mass is 9.97. The SMILES string of the molecule is CCN(c1ncc(C(F)(F)F)cc1CN1C(=O)O[C@H](c2cc(C(F)(F)F)cc(C(F)(F)F)c2)[C@@H]1C)C1CCN(C(=O)OC(C)(C)C)CC1. The summed E-state index contributed by atoms with van der Waals surface area (Å²) >= 11 is 0. The van der Waals surface area contributed by atoms with E-state index >= 15 is 0 Å². The summed E-state index contributed by atoms with van der Waals surface area (Å²) in [5.74, 6) is 0.100. The van der Waals surface area contributed by atoms with Gasteiger partial charge in [0.05, 0.1) is 29.3 Å². The van der Waals surface area contributed by atoms with Gasteiger partial charge in [0.2, 0.25) is 0 Å². The number of piperidine rings is 1. The van der Waals surface area contributed by atoms with Crippen LogP contribution in [-0.2, 0) is 34.5 Å². The van der Waals surface area contributed by atoms with Gasteiger partial charge >= 0.3 is 30.7 Å². The molecule has 266 valence electrons. The number of aromatic nitrogens is 1. The minimum atomic E-state index is -5.15. The number of carbonyl (C=O) groups excluding carboxylic acids is 2. The Balaban J connectivity index is 1.64. The van der Waals surface area contributed by atoms with Gasteiger partial charge in [-0.1, -0.05) is 0 Å². The van der Waals surface area contributed by atoms with Gasteiger partial charge in [-0.05, 0) is 77.3 Å². The lowest BCUT2D eigenvalue weighted by molar-refractivity contribution is -0.143. The maximum absolute atomic E-state index is 13.8. The van der Waals surface area contributed by atoms with Gasteiger partial charge in [0, 0.05) is 37.4 Å². The molecule has 1 aromatic heterocycles. The first kappa shape index (κ1) is 36.9. The second-order valence-electron chi connectivity index (χ2n) is 12.7. The highest BCUT2D eigenvalue weighted by Gasteiger charge is 2.44. The Morgan fingerprint density at radius 1 is 0.917 bits per heavy atom. The quantitative estimate of drug-likeness (QED) is 0.282. The molecule has 2 aromatic rings. The zero-order valence-corrected chi connectivity index (χ0v) is 26.7. The molecule has 0 aliphatic carbocycles. The molecule has 2 saturated heterocycles. The number of hydrogen-bond acceptors (Lipinski definition) is 6. The van der Waals surface area contributed by atoms with Crippen LogP contribution in [0.25, 0.3) is 0 Å². The first-order chi connectivity index (χ1) is 22.0. The van der Waals surface area contributed by atoms with E-state index in [4.69, 9.17) is 9.47 Å². The van der Waals surface area contributed by atoms with E-state index in [0.717, 1.165) is 11.0 Å². The van der Waals surface area contributed by atoms with Crippen LogP contribution in [-0.4, -0.2) is 64.3 Å². The fourth-order valence-electron chi connectivity index (χ4n) is 5.79. The second-order valence-corrected chi connectivity index (χ2v) is 12.7. The molecule has 0 bridgehead atoms. The predicted molar refractivity (Wildman–Crippen MR) is 154 cm³/mol. The van der Waals surface area contributed by atoms with Gasteiger partial charge in [0.1, 0.15) is 17.5 Å². The molecule has 0 spiro atoms. The van der Waals surface area contributed by atoms with Crippen molar-refractivity contribution in [3.8, 4) is 0 Å². The Kier molecular flexibility index (Phi) is 10.1. The van der Waals surface area contributed by atoms with Crippen molar-refractivity contribution in [3.63, 3.8) is 0 Å². The average molecular weight is 699 g/mol. The molecule has 0 radical (unpaired) electrons. The zero-order chi connectivity index (χ0) is 36.0. The summed E-state index contributed by atoms with van der Waals surface area (Å²) in [7, 11) is 0. The molecule has 3 heterocycles. The van der Waals surface area contributed by atoms with E-state index in [1.807, 2.05) is 0 Å². The topological polar surface area (TPSA) is 75.2 Å². The molecule has 2 aliphatic heterocycles. The Bertz CT molecular complexity index is 1460. The van der Waals surface area contributed by atoms with Crippen molar-refractivity contribution in [1.29, 1.82) is 0 Å². The highest BCUT2D eigenvalue weighted by Crippen LogP contribution is 2.42. The van der Waals surface area contributed by atoms with Crippen molar-refractivity contribution >= 4 is 18.0 Å². The number of halogens is 9. The minimum absolute atomic E-state index is 0.0549. The zero-order valence-electron chi connectivity index (χ0n) is 26.7. The van der Waals surface area contributed by atoms with E-state index in [0.29, 0.717) is 44.3 Å². The van der Waals surface area contributed by atoms with Gasteiger partial charge in [-0.3, -0.25) is 4.90 Å². The fourth-order valence-corrected chi connectivity index (χ4v) is 5.79. The summed E-state index contributed by atoms with van der Waals surface area (Å²) in [5, 5.41) is 0. The first-order valence-electron chi connectivity index (χ1n) is 15.1. The molecule has 0 saturated carbocycles. The van der Waals surface area contributed by atoms with E-state index < -0.39 is 77.3 Å². The highest BCUT2D eigenvalue weighted by atomic mass is 19.4. The van der Waals surface area contributed by atoms with Gasteiger partial charge in [-0.25, -0.2) is 14.6 Å². The first-order valence-corrected chi connectivity index (χ1v) is 15.1. The summed E-state index contributed by atoms with van der Waals surface area (Å²) in [5.41, 5.74) is -5.68.